The summed E-state index contributed by atoms with van der Waals surface area (Å²) in [5.74, 6) is 1.83. The van der Waals surface area contributed by atoms with E-state index in [0.717, 1.165) is 70.5 Å². The lowest BCUT2D eigenvalue weighted by molar-refractivity contribution is 0.122. The van der Waals surface area contributed by atoms with E-state index in [-0.39, 0.29) is 0 Å². The monoisotopic (exact) mass is 374 g/mol. The Morgan fingerprint density at radius 3 is 2.73 bits per heavy atom. The first-order valence-electron chi connectivity index (χ1n) is 9.27. The number of piperidine rings is 1. The Hall–Kier alpha value is -1.77. The number of nitrogens with zero attached hydrogens (tertiary/aromatic N) is 6. The van der Waals surface area contributed by atoms with Gasteiger partial charge >= 0.3 is 0 Å². The van der Waals surface area contributed by atoms with E-state index >= 15 is 0 Å². The summed E-state index contributed by atoms with van der Waals surface area (Å²) in [6, 6.07) is 2.54. The number of ether oxygens (including phenoxy) is 1. The van der Waals surface area contributed by atoms with Crippen molar-refractivity contribution in [2.24, 2.45) is 0 Å². The van der Waals surface area contributed by atoms with Gasteiger partial charge in [0.05, 0.1) is 24.4 Å². The summed E-state index contributed by atoms with van der Waals surface area (Å²) in [5.41, 5.74) is 3.10. The van der Waals surface area contributed by atoms with Crippen molar-refractivity contribution >= 4 is 23.1 Å². The van der Waals surface area contributed by atoms with Gasteiger partial charge < -0.3 is 14.5 Å². The number of anilines is 2. The Bertz CT molecular complexity index is 683. The molecule has 140 valence electrons. The average Bonchev–Trinajstić information content (AvgIpc) is 3.22. The molecule has 0 atom stereocenters. The van der Waals surface area contributed by atoms with Crippen molar-refractivity contribution in [1.82, 2.24) is 19.9 Å². The fraction of sp³-hybridized carbons (Fsp3) is 0.611. The molecule has 2 aliphatic rings. The third-order valence-electron chi connectivity index (χ3n) is 5.26. The van der Waals surface area contributed by atoms with Crippen LogP contribution in [0.25, 0.3) is 0 Å². The second kappa shape index (κ2) is 8.28. The summed E-state index contributed by atoms with van der Waals surface area (Å²) < 4.78 is 5.43. The Morgan fingerprint density at radius 1 is 1.19 bits per heavy atom. The lowest BCUT2D eigenvalue weighted by Gasteiger charge is -2.37. The van der Waals surface area contributed by atoms with E-state index in [4.69, 9.17) is 9.72 Å². The minimum atomic E-state index is 0.522. The van der Waals surface area contributed by atoms with Crippen molar-refractivity contribution < 1.29 is 4.74 Å². The van der Waals surface area contributed by atoms with Gasteiger partial charge in [0, 0.05) is 57.4 Å². The highest BCUT2D eigenvalue weighted by atomic mass is 32.1. The fourth-order valence-corrected chi connectivity index (χ4v) is 4.20. The van der Waals surface area contributed by atoms with Gasteiger partial charge in [-0.15, -0.1) is 11.3 Å². The minimum Gasteiger partial charge on any atom is -0.378 e. The molecule has 2 saturated heterocycles. The Kier molecular flexibility index (Phi) is 5.62. The first-order valence-corrected chi connectivity index (χ1v) is 10.2. The van der Waals surface area contributed by atoms with Crippen LogP contribution in [0.2, 0.25) is 0 Å². The molecule has 4 rings (SSSR count). The van der Waals surface area contributed by atoms with Gasteiger partial charge in [-0.3, -0.25) is 4.90 Å². The van der Waals surface area contributed by atoms with Gasteiger partial charge in [0.1, 0.15) is 5.82 Å². The molecule has 0 spiro atoms. The third-order valence-corrected chi connectivity index (χ3v) is 5.89. The molecule has 0 unspecified atom stereocenters. The van der Waals surface area contributed by atoms with Crippen molar-refractivity contribution in [3.8, 4) is 0 Å². The third kappa shape index (κ3) is 4.13. The van der Waals surface area contributed by atoms with Crippen LogP contribution in [0.5, 0.6) is 0 Å². The lowest BCUT2D eigenvalue weighted by Crippen LogP contribution is -2.43. The van der Waals surface area contributed by atoms with Crippen molar-refractivity contribution in [3.05, 3.63) is 28.8 Å². The lowest BCUT2D eigenvalue weighted by atomic mass is 10.0. The van der Waals surface area contributed by atoms with Crippen molar-refractivity contribution in [2.75, 3.05) is 56.2 Å². The molecule has 0 aliphatic carbocycles. The van der Waals surface area contributed by atoms with Gasteiger partial charge in [-0.25, -0.2) is 9.97 Å². The van der Waals surface area contributed by atoms with Gasteiger partial charge in [-0.05, 0) is 18.9 Å². The van der Waals surface area contributed by atoms with Crippen LogP contribution in [-0.2, 0) is 11.3 Å². The van der Waals surface area contributed by atoms with Gasteiger partial charge in [-0.2, -0.15) is 4.98 Å². The van der Waals surface area contributed by atoms with E-state index in [1.165, 1.54) is 5.69 Å². The molecular weight excluding hydrogens is 348 g/mol. The average molecular weight is 375 g/mol. The van der Waals surface area contributed by atoms with Crippen molar-refractivity contribution in [3.63, 3.8) is 0 Å². The van der Waals surface area contributed by atoms with Crippen LogP contribution in [0, 0.1) is 0 Å². The zero-order valence-corrected chi connectivity index (χ0v) is 16.1. The molecule has 8 heteroatoms. The number of hydrogen-bond acceptors (Lipinski definition) is 8. The molecule has 26 heavy (non-hydrogen) atoms. The summed E-state index contributed by atoms with van der Waals surface area (Å²) in [6.07, 6.45) is 4.18. The fourth-order valence-electron chi connectivity index (χ4n) is 3.65. The Labute approximate surface area is 158 Å². The smallest absolute Gasteiger partial charge is 0.227 e. The van der Waals surface area contributed by atoms with Crippen LogP contribution in [0.4, 0.5) is 11.8 Å². The van der Waals surface area contributed by atoms with E-state index in [9.17, 15) is 0 Å². The van der Waals surface area contributed by atoms with Gasteiger partial charge in [-0.1, -0.05) is 0 Å². The summed E-state index contributed by atoms with van der Waals surface area (Å²) in [5, 5.41) is 2.15. The quantitative estimate of drug-likeness (QED) is 0.792. The van der Waals surface area contributed by atoms with E-state index in [0.29, 0.717) is 6.04 Å². The van der Waals surface area contributed by atoms with Crippen LogP contribution in [0.15, 0.2) is 23.2 Å². The number of aromatic nitrogens is 3. The predicted molar refractivity (Wildman–Crippen MR) is 104 cm³/mol. The standard InChI is InChI=1S/C18H26N6OS/c1-22(16-3-6-23(7-4-16)12-15-13-26-14-20-15)17-2-5-19-18(21-17)24-8-10-25-11-9-24/h2,5,13-14,16H,3-4,6-12H2,1H3. The first kappa shape index (κ1) is 17.6. The number of hydrogen-bond donors (Lipinski definition) is 0. The summed E-state index contributed by atoms with van der Waals surface area (Å²) >= 11 is 1.67. The molecule has 0 aromatic carbocycles. The SMILES string of the molecule is CN(c1ccnc(N2CCOCC2)n1)C1CCN(Cc2cscn2)CC1. The summed E-state index contributed by atoms with van der Waals surface area (Å²) in [6.45, 7) is 6.41. The molecule has 0 amide bonds. The highest BCUT2D eigenvalue weighted by Gasteiger charge is 2.24. The molecule has 4 heterocycles. The van der Waals surface area contributed by atoms with Crippen LogP contribution >= 0.6 is 11.3 Å². The number of rotatable bonds is 5. The van der Waals surface area contributed by atoms with Gasteiger partial charge in [0.15, 0.2) is 0 Å². The van der Waals surface area contributed by atoms with Crippen molar-refractivity contribution in [1.29, 1.82) is 0 Å². The molecular formula is C18H26N6OS. The highest BCUT2D eigenvalue weighted by molar-refractivity contribution is 7.07. The molecule has 0 saturated carbocycles. The van der Waals surface area contributed by atoms with E-state index in [2.05, 4.69) is 37.1 Å². The minimum absolute atomic E-state index is 0.522. The molecule has 0 N–H and O–H groups in total. The van der Waals surface area contributed by atoms with Crippen LogP contribution in [0.3, 0.4) is 0 Å². The molecule has 2 aromatic rings. The first-order chi connectivity index (χ1) is 12.8. The summed E-state index contributed by atoms with van der Waals surface area (Å²) in [4.78, 5) is 20.7. The largest absolute Gasteiger partial charge is 0.378 e. The molecule has 7 nitrogen and oxygen atoms in total. The van der Waals surface area contributed by atoms with Crippen LogP contribution in [0.1, 0.15) is 18.5 Å². The zero-order chi connectivity index (χ0) is 17.8. The summed E-state index contributed by atoms with van der Waals surface area (Å²) in [7, 11) is 2.16. The maximum Gasteiger partial charge on any atom is 0.227 e. The normalized spacial score (nSPS) is 19.7. The van der Waals surface area contributed by atoms with E-state index in [1.54, 1.807) is 11.3 Å². The van der Waals surface area contributed by atoms with E-state index in [1.807, 2.05) is 17.8 Å². The Morgan fingerprint density at radius 2 is 2.00 bits per heavy atom. The maximum atomic E-state index is 5.43. The number of likely N-dealkylation sites (tertiary alicyclic amines) is 1. The second-order valence-corrected chi connectivity index (χ2v) is 7.63. The zero-order valence-electron chi connectivity index (χ0n) is 15.3. The molecule has 2 aliphatic heterocycles. The van der Waals surface area contributed by atoms with Crippen LogP contribution < -0.4 is 9.80 Å². The predicted octanol–water partition coefficient (Wildman–Crippen LogP) is 1.87. The van der Waals surface area contributed by atoms with E-state index < -0.39 is 0 Å². The molecule has 0 bridgehead atoms. The van der Waals surface area contributed by atoms with Crippen LogP contribution in [-0.4, -0.2) is 72.3 Å². The molecule has 0 radical (unpaired) electrons. The number of morpholine rings is 1. The highest BCUT2D eigenvalue weighted by Crippen LogP contribution is 2.23. The van der Waals surface area contributed by atoms with Gasteiger partial charge in [0.25, 0.3) is 0 Å². The molecule has 2 aromatic heterocycles. The van der Waals surface area contributed by atoms with Gasteiger partial charge in [0.2, 0.25) is 5.95 Å². The second-order valence-electron chi connectivity index (χ2n) is 6.91. The number of thiazole rings is 1. The Balaban J connectivity index is 1.35. The maximum absolute atomic E-state index is 5.43. The van der Waals surface area contributed by atoms with Crippen molar-refractivity contribution in [2.45, 2.75) is 25.4 Å². The molecule has 2 fully saturated rings. The topological polar surface area (TPSA) is 57.6 Å².